The summed E-state index contributed by atoms with van der Waals surface area (Å²) in [6.07, 6.45) is 0. The molecule has 2 aromatic carbocycles. The van der Waals surface area contributed by atoms with E-state index in [2.05, 4.69) is 27.3 Å². The first-order chi connectivity index (χ1) is 9.83. The number of halogens is 2. The number of hydrogen-bond donors (Lipinski definition) is 2. The number of sulfonamides is 1. The van der Waals surface area contributed by atoms with E-state index in [-0.39, 0.29) is 10.6 Å². The van der Waals surface area contributed by atoms with Crippen LogP contribution in [0.25, 0.3) is 0 Å². The maximum Gasteiger partial charge on any atom is 0.262 e. The standard InChI is InChI=1S/C13H12ClIN2O3S/c1-20-13-5-3-9(7-11(13)16)21(18,19)17-12-4-2-8(15)6-10(12)14/h2-7,17H,16H2,1H3. The van der Waals surface area contributed by atoms with Crippen LogP contribution in [0.4, 0.5) is 11.4 Å². The van der Waals surface area contributed by atoms with Gasteiger partial charge >= 0.3 is 0 Å². The van der Waals surface area contributed by atoms with Crippen LogP contribution in [0.1, 0.15) is 0 Å². The Bertz CT molecular complexity index is 781. The Balaban J connectivity index is 2.36. The molecule has 0 spiro atoms. The summed E-state index contributed by atoms with van der Waals surface area (Å²) in [5, 5.41) is 0.326. The number of rotatable bonds is 4. The van der Waals surface area contributed by atoms with Gasteiger partial charge in [-0.25, -0.2) is 8.42 Å². The number of nitrogens with two attached hydrogens (primary N) is 1. The molecule has 0 bridgehead atoms. The molecule has 2 aromatic rings. The first-order valence-electron chi connectivity index (χ1n) is 5.75. The van der Waals surface area contributed by atoms with E-state index in [9.17, 15) is 8.42 Å². The van der Waals surface area contributed by atoms with Crippen molar-refractivity contribution in [3.05, 3.63) is 45.0 Å². The van der Waals surface area contributed by atoms with Gasteiger partial charge in [0.1, 0.15) is 5.75 Å². The van der Waals surface area contributed by atoms with Crippen LogP contribution in [0.3, 0.4) is 0 Å². The molecule has 0 unspecified atom stereocenters. The van der Waals surface area contributed by atoms with Gasteiger partial charge in [-0.15, -0.1) is 0 Å². The molecule has 0 aromatic heterocycles. The third-order valence-corrected chi connectivity index (χ3v) is 5.03. The van der Waals surface area contributed by atoms with Crippen LogP contribution in [0.2, 0.25) is 5.02 Å². The molecule has 0 aliphatic carbocycles. The molecule has 0 atom stereocenters. The van der Waals surface area contributed by atoms with Crippen LogP contribution < -0.4 is 15.2 Å². The number of benzene rings is 2. The Hall–Kier alpha value is -1.19. The van der Waals surface area contributed by atoms with E-state index in [1.54, 1.807) is 18.2 Å². The Labute approximate surface area is 141 Å². The predicted octanol–water partition coefficient (Wildman–Crippen LogP) is 3.34. The minimum atomic E-state index is -3.77. The molecule has 112 valence electrons. The third-order valence-electron chi connectivity index (χ3n) is 2.69. The highest BCUT2D eigenvalue weighted by Gasteiger charge is 2.17. The van der Waals surface area contributed by atoms with Crippen LogP contribution in [0.15, 0.2) is 41.3 Å². The highest BCUT2D eigenvalue weighted by Crippen LogP contribution is 2.28. The van der Waals surface area contributed by atoms with E-state index < -0.39 is 10.0 Å². The minimum absolute atomic E-state index is 0.0374. The van der Waals surface area contributed by atoms with Crippen molar-refractivity contribution in [1.29, 1.82) is 0 Å². The summed E-state index contributed by atoms with van der Waals surface area (Å²) in [6, 6.07) is 9.28. The zero-order valence-corrected chi connectivity index (χ0v) is 14.7. The molecule has 21 heavy (non-hydrogen) atoms. The smallest absolute Gasteiger partial charge is 0.262 e. The van der Waals surface area contributed by atoms with Crippen LogP contribution in [-0.4, -0.2) is 15.5 Å². The van der Waals surface area contributed by atoms with Crippen LogP contribution in [0, 0.1) is 3.57 Å². The van der Waals surface area contributed by atoms with Gasteiger partial charge in [-0.3, -0.25) is 4.72 Å². The maximum atomic E-state index is 12.3. The van der Waals surface area contributed by atoms with Crippen molar-refractivity contribution in [2.24, 2.45) is 0 Å². The summed E-state index contributed by atoms with van der Waals surface area (Å²) in [5.41, 5.74) is 6.28. The number of nitrogen functional groups attached to an aromatic ring is 1. The number of nitrogens with one attached hydrogen (secondary N) is 1. The lowest BCUT2D eigenvalue weighted by atomic mass is 10.3. The molecule has 0 heterocycles. The molecule has 8 heteroatoms. The number of ether oxygens (including phenoxy) is 1. The van der Waals surface area contributed by atoms with E-state index in [0.29, 0.717) is 16.5 Å². The molecule has 2 rings (SSSR count). The second-order valence-electron chi connectivity index (χ2n) is 4.13. The summed E-state index contributed by atoms with van der Waals surface area (Å²) < 4.78 is 33.0. The van der Waals surface area contributed by atoms with E-state index in [1.807, 2.05) is 0 Å². The van der Waals surface area contributed by atoms with Gasteiger partial charge in [-0.1, -0.05) is 11.6 Å². The first kappa shape index (κ1) is 16.2. The van der Waals surface area contributed by atoms with Crippen molar-refractivity contribution >= 4 is 55.6 Å². The summed E-state index contributed by atoms with van der Waals surface area (Å²) in [4.78, 5) is 0.0374. The molecule has 0 saturated carbocycles. The fraction of sp³-hybridized carbons (Fsp3) is 0.0769. The second-order valence-corrected chi connectivity index (χ2v) is 7.47. The Kier molecular flexibility index (Phi) is 4.84. The van der Waals surface area contributed by atoms with Gasteiger partial charge < -0.3 is 10.5 Å². The molecule has 0 aliphatic heterocycles. The number of anilines is 2. The highest BCUT2D eigenvalue weighted by molar-refractivity contribution is 14.1. The SMILES string of the molecule is COc1ccc(S(=O)(=O)Nc2ccc(I)cc2Cl)cc1N. The third kappa shape index (κ3) is 3.72. The fourth-order valence-electron chi connectivity index (χ4n) is 1.66. The maximum absolute atomic E-state index is 12.3. The van der Waals surface area contributed by atoms with Crippen molar-refractivity contribution in [3.8, 4) is 5.75 Å². The monoisotopic (exact) mass is 438 g/mol. The van der Waals surface area contributed by atoms with Crippen molar-refractivity contribution < 1.29 is 13.2 Å². The Morgan fingerprint density at radius 3 is 2.52 bits per heavy atom. The van der Waals surface area contributed by atoms with Crippen LogP contribution >= 0.6 is 34.2 Å². The molecule has 0 fully saturated rings. The largest absolute Gasteiger partial charge is 0.495 e. The molecule has 0 aliphatic rings. The summed E-state index contributed by atoms with van der Waals surface area (Å²) in [6.45, 7) is 0. The average molecular weight is 439 g/mol. The first-order valence-corrected chi connectivity index (χ1v) is 8.69. The van der Waals surface area contributed by atoms with E-state index >= 15 is 0 Å². The lowest BCUT2D eigenvalue weighted by Crippen LogP contribution is -2.13. The minimum Gasteiger partial charge on any atom is -0.495 e. The summed E-state index contributed by atoms with van der Waals surface area (Å²) in [7, 11) is -2.31. The van der Waals surface area contributed by atoms with Crippen molar-refractivity contribution in [2.75, 3.05) is 17.6 Å². The molecule has 0 amide bonds. The van der Waals surface area contributed by atoms with Gasteiger partial charge in [-0.05, 0) is 59.0 Å². The second kappa shape index (κ2) is 6.29. The molecule has 3 N–H and O–H groups in total. The molecule has 5 nitrogen and oxygen atoms in total. The van der Waals surface area contributed by atoms with Gasteiger partial charge in [0.25, 0.3) is 10.0 Å². The lowest BCUT2D eigenvalue weighted by Gasteiger charge is -2.11. The van der Waals surface area contributed by atoms with Crippen LogP contribution in [-0.2, 0) is 10.0 Å². The summed E-state index contributed by atoms with van der Waals surface area (Å²) in [5.74, 6) is 0.418. The quantitative estimate of drug-likeness (QED) is 0.567. The highest BCUT2D eigenvalue weighted by atomic mass is 127. The number of methoxy groups -OCH3 is 1. The topological polar surface area (TPSA) is 81.4 Å². The van der Waals surface area contributed by atoms with E-state index in [4.69, 9.17) is 22.1 Å². The van der Waals surface area contributed by atoms with Gasteiger partial charge in [0.2, 0.25) is 0 Å². The normalized spacial score (nSPS) is 11.2. The molecular formula is C13H12ClIN2O3S. The molecule has 0 saturated heterocycles. The van der Waals surface area contributed by atoms with Gasteiger partial charge in [-0.2, -0.15) is 0 Å². The zero-order chi connectivity index (χ0) is 15.6. The molecule has 0 radical (unpaired) electrons. The van der Waals surface area contributed by atoms with Crippen molar-refractivity contribution in [2.45, 2.75) is 4.90 Å². The van der Waals surface area contributed by atoms with Crippen LogP contribution in [0.5, 0.6) is 5.75 Å². The zero-order valence-electron chi connectivity index (χ0n) is 10.9. The van der Waals surface area contributed by atoms with Gasteiger partial charge in [0.15, 0.2) is 0 Å². The van der Waals surface area contributed by atoms with Gasteiger partial charge in [0, 0.05) is 3.57 Å². The average Bonchev–Trinajstić information content (AvgIpc) is 2.42. The predicted molar refractivity (Wildman–Crippen MR) is 92.4 cm³/mol. The van der Waals surface area contributed by atoms with Crippen molar-refractivity contribution in [3.63, 3.8) is 0 Å². The lowest BCUT2D eigenvalue weighted by molar-refractivity contribution is 0.416. The Morgan fingerprint density at radius 2 is 1.95 bits per heavy atom. The Morgan fingerprint density at radius 1 is 1.24 bits per heavy atom. The molecular weight excluding hydrogens is 427 g/mol. The fourth-order valence-corrected chi connectivity index (χ4v) is 3.73. The van der Waals surface area contributed by atoms with Crippen molar-refractivity contribution in [1.82, 2.24) is 0 Å². The van der Waals surface area contributed by atoms with E-state index in [0.717, 1.165) is 3.57 Å². The van der Waals surface area contributed by atoms with E-state index in [1.165, 1.54) is 25.3 Å². The summed E-state index contributed by atoms with van der Waals surface area (Å²) >= 11 is 8.12. The number of hydrogen-bond acceptors (Lipinski definition) is 4. The van der Waals surface area contributed by atoms with Gasteiger partial charge in [0.05, 0.1) is 28.4 Å².